The molecule has 39 heavy (non-hydrogen) atoms. The van der Waals surface area contributed by atoms with Crippen LogP contribution in [0.1, 0.15) is 72.1 Å². The van der Waals surface area contributed by atoms with Gasteiger partial charge >= 0.3 is 0 Å². The highest BCUT2D eigenvalue weighted by molar-refractivity contribution is 5.63. The molecule has 214 valence electrons. The first kappa shape index (κ1) is 35.1. The standard InChI is InChI=1S/C17H18N4O2.C7H9FN2.3C2H6/c1-11-6-5-7-14(22-3)16(11)21-12(2)19-20-17(21)13-8-9-18-15(10-13)23-4;1-2-3-7-9-4-6(8)5-10-7;3*1-2/h5-10H,1-4H3;4-5H,2-3H2,1H3;3*1-2H3. The number of rotatable bonds is 6. The van der Waals surface area contributed by atoms with Gasteiger partial charge in [0.05, 0.1) is 32.3 Å². The third kappa shape index (κ3) is 10.4. The molecule has 0 bridgehead atoms. The van der Waals surface area contributed by atoms with Crippen LogP contribution in [0.3, 0.4) is 0 Å². The van der Waals surface area contributed by atoms with Crippen molar-refractivity contribution in [3.63, 3.8) is 0 Å². The molecule has 0 fully saturated rings. The molecule has 1 aromatic carbocycles. The summed E-state index contributed by atoms with van der Waals surface area (Å²) in [5, 5.41) is 8.57. The van der Waals surface area contributed by atoms with Gasteiger partial charge in [0.2, 0.25) is 5.88 Å². The van der Waals surface area contributed by atoms with Crippen LogP contribution in [0.15, 0.2) is 48.9 Å². The van der Waals surface area contributed by atoms with Crippen molar-refractivity contribution in [1.29, 1.82) is 0 Å². The fourth-order valence-electron chi connectivity index (χ4n) is 3.25. The molecule has 3 heterocycles. The number of aromatic nitrogens is 6. The monoisotopic (exact) mass is 540 g/mol. The zero-order valence-corrected chi connectivity index (χ0v) is 25.4. The first-order valence-electron chi connectivity index (χ1n) is 13.5. The van der Waals surface area contributed by atoms with Crippen LogP contribution in [0.5, 0.6) is 11.6 Å². The maximum Gasteiger partial charge on any atom is 0.213 e. The molecule has 8 nitrogen and oxygen atoms in total. The highest BCUT2D eigenvalue weighted by Gasteiger charge is 2.18. The van der Waals surface area contributed by atoms with Crippen LogP contribution in [0.4, 0.5) is 4.39 Å². The quantitative estimate of drug-likeness (QED) is 0.249. The highest BCUT2D eigenvalue weighted by Crippen LogP contribution is 2.32. The topological polar surface area (TPSA) is 87.8 Å². The summed E-state index contributed by atoms with van der Waals surface area (Å²) >= 11 is 0. The minimum Gasteiger partial charge on any atom is -0.495 e. The number of aryl methyl sites for hydroxylation is 3. The van der Waals surface area contributed by atoms with E-state index in [1.807, 2.05) is 97.2 Å². The van der Waals surface area contributed by atoms with E-state index in [4.69, 9.17) is 9.47 Å². The van der Waals surface area contributed by atoms with Crippen molar-refractivity contribution < 1.29 is 13.9 Å². The van der Waals surface area contributed by atoms with Gasteiger partial charge in [-0.3, -0.25) is 4.57 Å². The second-order valence-electron chi connectivity index (χ2n) is 7.19. The van der Waals surface area contributed by atoms with Crippen LogP contribution in [-0.2, 0) is 6.42 Å². The minimum atomic E-state index is -0.375. The number of methoxy groups -OCH3 is 2. The summed E-state index contributed by atoms with van der Waals surface area (Å²) in [6.07, 6.45) is 5.89. The van der Waals surface area contributed by atoms with E-state index in [0.29, 0.717) is 11.7 Å². The van der Waals surface area contributed by atoms with Gasteiger partial charge in [-0.25, -0.2) is 19.3 Å². The Balaban J connectivity index is 0.000000756. The van der Waals surface area contributed by atoms with Crippen molar-refractivity contribution in [2.24, 2.45) is 0 Å². The third-order valence-electron chi connectivity index (χ3n) is 4.82. The normalized spacial score (nSPS) is 9.23. The van der Waals surface area contributed by atoms with Crippen molar-refractivity contribution in [1.82, 2.24) is 29.7 Å². The number of pyridine rings is 1. The smallest absolute Gasteiger partial charge is 0.213 e. The molecule has 0 saturated heterocycles. The minimum absolute atomic E-state index is 0.375. The summed E-state index contributed by atoms with van der Waals surface area (Å²) in [5.41, 5.74) is 2.89. The van der Waals surface area contributed by atoms with Gasteiger partial charge in [0.1, 0.15) is 17.4 Å². The Morgan fingerprint density at radius 1 is 0.846 bits per heavy atom. The molecule has 0 atom stereocenters. The Morgan fingerprint density at radius 3 is 2.05 bits per heavy atom. The fraction of sp³-hybridized carbons (Fsp3) is 0.433. The van der Waals surface area contributed by atoms with E-state index in [9.17, 15) is 4.39 Å². The Kier molecular flexibility index (Phi) is 18.1. The molecule has 0 aliphatic rings. The van der Waals surface area contributed by atoms with Crippen molar-refractivity contribution in [2.75, 3.05) is 14.2 Å². The molecule has 3 aromatic heterocycles. The maximum absolute atomic E-state index is 12.2. The first-order chi connectivity index (χ1) is 19.0. The van der Waals surface area contributed by atoms with Gasteiger partial charge in [0.15, 0.2) is 11.6 Å². The van der Waals surface area contributed by atoms with E-state index < -0.39 is 0 Å². The number of nitrogens with zero attached hydrogens (tertiary/aromatic N) is 6. The van der Waals surface area contributed by atoms with Crippen LogP contribution in [0, 0.1) is 19.7 Å². The number of benzene rings is 1. The second-order valence-corrected chi connectivity index (χ2v) is 7.19. The van der Waals surface area contributed by atoms with Crippen molar-refractivity contribution in [3.05, 3.63) is 72.0 Å². The Morgan fingerprint density at radius 2 is 1.49 bits per heavy atom. The van der Waals surface area contributed by atoms with Crippen molar-refractivity contribution >= 4 is 0 Å². The predicted molar refractivity (Wildman–Crippen MR) is 157 cm³/mol. The van der Waals surface area contributed by atoms with E-state index in [1.54, 1.807) is 20.4 Å². The first-order valence-corrected chi connectivity index (χ1v) is 13.5. The summed E-state index contributed by atoms with van der Waals surface area (Å²) in [6, 6.07) is 9.65. The molecule has 0 N–H and O–H groups in total. The van der Waals surface area contributed by atoms with E-state index in [-0.39, 0.29) is 5.82 Å². The number of ether oxygens (including phenoxy) is 2. The number of hydrogen-bond donors (Lipinski definition) is 0. The van der Waals surface area contributed by atoms with Gasteiger partial charge in [-0.05, 0) is 38.0 Å². The van der Waals surface area contributed by atoms with Gasteiger partial charge in [-0.1, -0.05) is 60.6 Å². The van der Waals surface area contributed by atoms with Gasteiger partial charge in [0, 0.05) is 24.2 Å². The van der Waals surface area contributed by atoms with E-state index in [2.05, 4.69) is 25.1 Å². The summed E-state index contributed by atoms with van der Waals surface area (Å²) in [6.45, 7) is 18.0. The highest BCUT2D eigenvalue weighted by atomic mass is 19.1. The Labute approximate surface area is 233 Å². The van der Waals surface area contributed by atoms with Crippen molar-refractivity contribution in [2.45, 2.75) is 75.2 Å². The van der Waals surface area contributed by atoms with Gasteiger partial charge in [0.25, 0.3) is 0 Å². The largest absolute Gasteiger partial charge is 0.495 e. The molecule has 0 aliphatic carbocycles. The van der Waals surface area contributed by atoms with E-state index in [0.717, 1.165) is 47.1 Å². The lowest BCUT2D eigenvalue weighted by Crippen LogP contribution is -2.05. The number of halogens is 1. The van der Waals surface area contributed by atoms with Gasteiger partial charge in [-0.15, -0.1) is 10.2 Å². The molecule has 0 saturated carbocycles. The van der Waals surface area contributed by atoms with Crippen LogP contribution in [0.25, 0.3) is 17.1 Å². The van der Waals surface area contributed by atoms with Crippen LogP contribution in [0.2, 0.25) is 0 Å². The molecule has 0 spiro atoms. The molecular weight excluding hydrogens is 495 g/mol. The second kappa shape index (κ2) is 20.1. The lowest BCUT2D eigenvalue weighted by molar-refractivity contribution is 0.398. The molecular formula is C30H45FN6O2. The molecule has 4 aromatic rings. The lowest BCUT2D eigenvalue weighted by atomic mass is 10.1. The summed E-state index contributed by atoms with van der Waals surface area (Å²) in [7, 11) is 3.25. The van der Waals surface area contributed by atoms with E-state index >= 15 is 0 Å². The summed E-state index contributed by atoms with van der Waals surface area (Å²) in [5.74, 6) is 3.14. The lowest BCUT2D eigenvalue weighted by Gasteiger charge is -2.15. The maximum atomic E-state index is 12.2. The van der Waals surface area contributed by atoms with Crippen LogP contribution >= 0.6 is 0 Å². The number of para-hydroxylation sites is 1. The van der Waals surface area contributed by atoms with Crippen LogP contribution < -0.4 is 9.47 Å². The molecule has 9 heteroatoms. The average molecular weight is 541 g/mol. The van der Waals surface area contributed by atoms with Gasteiger partial charge in [-0.2, -0.15) is 0 Å². The average Bonchev–Trinajstić information content (AvgIpc) is 3.38. The number of hydrogen-bond acceptors (Lipinski definition) is 7. The predicted octanol–water partition coefficient (Wildman–Crippen LogP) is 7.61. The Hall–Kier alpha value is -3.88. The molecule has 0 aliphatic heterocycles. The van der Waals surface area contributed by atoms with Crippen molar-refractivity contribution in [3.8, 4) is 28.7 Å². The zero-order valence-electron chi connectivity index (χ0n) is 25.4. The molecule has 0 amide bonds. The summed E-state index contributed by atoms with van der Waals surface area (Å²) in [4.78, 5) is 11.7. The van der Waals surface area contributed by atoms with Gasteiger partial charge < -0.3 is 9.47 Å². The Bertz CT molecular complexity index is 1200. The molecule has 0 radical (unpaired) electrons. The fourth-order valence-corrected chi connectivity index (χ4v) is 3.25. The zero-order chi connectivity index (χ0) is 29.8. The third-order valence-corrected chi connectivity index (χ3v) is 4.82. The van der Waals surface area contributed by atoms with E-state index in [1.165, 1.54) is 12.4 Å². The summed E-state index contributed by atoms with van der Waals surface area (Å²) < 4.78 is 24.9. The SMILES string of the molecule is CC.CC.CC.CCCc1ncc(F)cn1.COc1cc(-c2nnc(C)n2-c2c(C)cccc2OC)ccn1. The van der Waals surface area contributed by atoms with Crippen LogP contribution in [-0.4, -0.2) is 43.9 Å². The molecule has 4 rings (SSSR count). The molecule has 0 unspecified atom stereocenters.